The molecule has 5 N–H and O–H groups in total. The quantitative estimate of drug-likeness (QED) is 0.434. The molecule has 0 fully saturated rings. The number of hydrogen-bond acceptors (Lipinski definition) is 6. The van der Waals surface area contributed by atoms with Crippen LogP contribution < -0.4 is 16.5 Å². The van der Waals surface area contributed by atoms with Gasteiger partial charge in [0.25, 0.3) is 11.9 Å². The van der Waals surface area contributed by atoms with Crippen LogP contribution in [0.15, 0.2) is 41.5 Å². The molecule has 1 aromatic heterocycles. The molecule has 34 heavy (non-hydrogen) atoms. The molecule has 184 valence electrons. The molecule has 1 aromatic carbocycles. The number of thiophene rings is 1. The molecule has 0 aliphatic carbocycles. The van der Waals surface area contributed by atoms with E-state index in [0.29, 0.717) is 31.8 Å². The van der Waals surface area contributed by atoms with Crippen molar-refractivity contribution in [3.05, 3.63) is 67.4 Å². The molecule has 0 saturated carbocycles. The van der Waals surface area contributed by atoms with Crippen LogP contribution in [0.3, 0.4) is 0 Å². The van der Waals surface area contributed by atoms with E-state index in [4.69, 9.17) is 27.2 Å². The van der Waals surface area contributed by atoms with Crippen molar-refractivity contribution in [2.45, 2.75) is 53.2 Å². The second-order valence-electron chi connectivity index (χ2n) is 7.96. The van der Waals surface area contributed by atoms with Crippen LogP contribution in [-0.4, -0.2) is 34.4 Å². The lowest BCUT2D eigenvalue weighted by atomic mass is 9.98. The summed E-state index contributed by atoms with van der Waals surface area (Å²) < 4.78 is 0.719. The molecule has 3 rings (SSSR count). The normalized spacial score (nSPS) is 13.4. The molecule has 8 nitrogen and oxygen atoms in total. The minimum atomic E-state index is -0.833. The molecule has 0 radical (unpaired) electrons. The van der Waals surface area contributed by atoms with E-state index in [9.17, 15) is 9.59 Å². The van der Waals surface area contributed by atoms with Crippen LogP contribution in [0.25, 0.3) is 0 Å². The second-order valence-corrected chi connectivity index (χ2v) is 9.75. The van der Waals surface area contributed by atoms with Gasteiger partial charge in [0.15, 0.2) is 0 Å². The molecule has 1 aliphatic rings. The average molecular weight is 507 g/mol. The lowest BCUT2D eigenvalue weighted by Crippen LogP contribution is -2.46. The van der Waals surface area contributed by atoms with Crippen molar-refractivity contribution in [3.63, 3.8) is 0 Å². The lowest BCUT2D eigenvalue weighted by Gasteiger charge is -2.29. The number of amides is 2. The van der Waals surface area contributed by atoms with Crippen LogP contribution in [0.2, 0.25) is 4.34 Å². The predicted molar refractivity (Wildman–Crippen MR) is 134 cm³/mol. The van der Waals surface area contributed by atoms with Crippen LogP contribution in [0.5, 0.6) is 0 Å². The highest BCUT2D eigenvalue weighted by atomic mass is 35.5. The molecule has 0 spiro atoms. The Hall–Kier alpha value is -2.72. The van der Waals surface area contributed by atoms with Crippen LogP contribution >= 0.6 is 22.9 Å². The lowest BCUT2D eigenvalue weighted by molar-refractivity contribution is -0.134. The number of aryl methyl sites for hydroxylation is 1. The fraction of sp³-hybridized carbons (Fsp3) is 0.375. The van der Waals surface area contributed by atoms with Crippen molar-refractivity contribution in [1.82, 2.24) is 15.8 Å². The average Bonchev–Trinajstić information content (AvgIpc) is 3.19. The van der Waals surface area contributed by atoms with Crippen LogP contribution in [0.1, 0.15) is 48.3 Å². The number of halogens is 1. The van der Waals surface area contributed by atoms with E-state index in [2.05, 4.69) is 10.7 Å². The zero-order chi connectivity index (χ0) is 25.3. The van der Waals surface area contributed by atoms with Crippen molar-refractivity contribution < 1.29 is 19.5 Å². The summed E-state index contributed by atoms with van der Waals surface area (Å²) in [5.41, 5.74) is 13.6. The summed E-state index contributed by atoms with van der Waals surface area (Å²) in [7, 11) is 0. The largest absolute Gasteiger partial charge is 0.481 e. The van der Waals surface area contributed by atoms with E-state index in [1.165, 1.54) is 11.3 Å². The Morgan fingerprint density at radius 2 is 1.88 bits per heavy atom. The monoisotopic (exact) mass is 506 g/mol. The fourth-order valence-corrected chi connectivity index (χ4v) is 4.43. The number of rotatable bonds is 8. The van der Waals surface area contributed by atoms with Gasteiger partial charge in [-0.3, -0.25) is 19.4 Å². The maximum atomic E-state index is 12.9. The predicted octanol–water partition coefficient (Wildman–Crippen LogP) is 3.52. The fourth-order valence-electron chi connectivity index (χ4n) is 3.41. The maximum absolute atomic E-state index is 12.9. The van der Waals surface area contributed by atoms with E-state index in [1.54, 1.807) is 5.01 Å². The molecule has 2 amide bonds. The minimum absolute atomic E-state index is 0.0669. The number of hydrazine groups is 1. The molecule has 0 bridgehead atoms. The Morgan fingerprint density at radius 3 is 2.50 bits per heavy atom. The van der Waals surface area contributed by atoms with E-state index >= 15 is 0 Å². The van der Waals surface area contributed by atoms with Gasteiger partial charge in [0.2, 0.25) is 5.91 Å². The van der Waals surface area contributed by atoms with Crippen molar-refractivity contribution in [1.29, 1.82) is 0 Å². The van der Waals surface area contributed by atoms with Crippen LogP contribution in [-0.2, 0) is 34.0 Å². The molecule has 2 heterocycles. The van der Waals surface area contributed by atoms with Gasteiger partial charge in [0, 0.05) is 43.6 Å². The highest BCUT2D eigenvalue weighted by Gasteiger charge is 2.26. The van der Waals surface area contributed by atoms with Gasteiger partial charge in [0.1, 0.15) is 0 Å². The third-order valence-electron chi connectivity index (χ3n) is 5.20. The molecule has 1 aliphatic heterocycles. The van der Waals surface area contributed by atoms with Crippen molar-refractivity contribution in [2.24, 2.45) is 5.73 Å². The van der Waals surface area contributed by atoms with Gasteiger partial charge in [-0.1, -0.05) is 40.9 Å². The Balaban J connectivity index is 0.000000945. The third-order valence-corrected chi connectivity index (χ3v) is 6.43. The number of nitrogens with zero attached hydrogens (tertiary/aromatic N) is 1. The Labute approximate surface area is 208 Å². The zero-order valence-corrected chi connectivity index (χ0v) is 21.2. The summed E-state index contributed by atoms with van der Waals surface area (Å²) in [6, 6.07) is 9.80. The number of carbonyl (C=O) groups excluding carboxylic acids is 2. The number of hydrogen-bond donors (Lipinski definition) is 4. The molecule has 0 atom stereocenters. The van der Waals surface area contributed by atoms with Gasteiger partial charge < -0.3 is 16.2 Å². The molecular formula is C24H31ClN4O4S. The van der Waals surface area contributed by atoms with Crippen molar-refractivity contribution in [3.8, 4) is 0 Å². The number of carbonyl (C=O) groups is 3. The first-order valence-electron chi connectivity index (χ1n) is 10.8. The maximum Gasteiger partial charge on any atom is 0.300 e. The van der Waals surface area contributed by atoms with E-state index < -0.39 is 5.97 Å². The standard InChI is InChI=1S/C22H27ClN4O2S.C2H4O2/c1-14-3-4-16(11-24)17(9-14)12-25-21(28)10-19-15(2)7-8-27(22(19)29)26-13-18-5-6-20(23)30-18;1-2(3)4/h3-6,9,26H,7-8,10-13,24H2,1-2H3,(H,25,28);1H3,(H,3,4). The number of carboxylic acids is 1. The second kappa shape index (κ2) is 13.2. The summed E-state index contributed by atoms with van der Waals surface area (Å²) in [6.07, 6.45) is 0.805. The summed E-state index contributed by atoms with van der Waals surface area (Å²) in [5.74, 6) is -1.15. The van der Waals surface area contributed by atoms with Crippen molar-refractivity contribution in [2.75, 3.05) is 6.54 Å². The van der Waals surface area contributed by atoms with E-state index in [1.807, 2.05) is 44.2 Å². The van der Waals surface area contributed by atoms with Crippen molar-refractivity contribution >= 4 is 40.7 Å². The number of benzene rings is 1. The Morgan fingerprint density at radius 1 is 1.18 bits per heavy atom. The van der Waals surface area contributed by atoms with Crippen LogP contribution in [0, 0.1) is 6.92 Å². The van der Waals surface area contributed by atoms with Gasteiger partial charge in [-0.05, 0) is 43.5 Å². The Kier molecular flexibility index (Phi) is 10.7. The minimum Gasteiger partial charge on any atom is -0.481 e. The zero-order valence-electron chi connectivity index (χ0n) is 19.6. The number of aliphatic carboxylic acids is 1. The third kappa shape index (κ3) is 8.57. The number of nitrogens with one attached hydrogen (secondary N) is 2. The number of nitrogens with two attached hydrogens (primary N) is 1. The first kappa shape index (κ1) is 27.5. The summed E-state index contributed by atoms with van der Waals surface area (Å²) in [4.78, 5) is 35.5. The smallest absolute Gasteiger partial charge is 0.300 e. The van der Waals surface area contributed by atoms with Crippen LogP contribution in [0.4, 0.5) is 0 Å². The summed E-state index contributed by atoms with van der Waals surface area (Å²) in [5, 5.41) is 11.9. The topological polar surface area (TPSA) is 125 Å². The van der Waals surface area contributed by atoms with Gasteiger partial charge >= 0.3 is 0 Å². The molecule has 0 saturated heterocycles. The summed E-state index contributed by atoms with van der Waals surface area (Å²) >= 11 is 7.44. The number of carboxylic acid groups (broad SMARTS) is 1. The summed E-state index contributed by atoms with van der Waals surface area (Å²) in [6.45, 7) is 6.93. The van der Waals surface area contributed by atoms with Gasteiger partial charge in [-0.2, -0.15) is 0 Å². The highest BCUT2D eigenvalue weighted by Crippen LogP contribution is 2.23. The molecule has 2 aromatic rings. The van der Waals surface area contributed by atoms with E-state index in [-0.39, 0.29) is 18.2 Å². The molecular weight excluding hydrogens is 476 g/mol. The first-order valence-corrected chi connectivity index (χ1v) is 12.0. The molecule has 10 heteroatoms. The SMILES string of the molecule is CC(=O)O.CC1=C(CC(=O)NCc2cc(C)ccc2CN)C(=O)N(NCc2ccc(Cl)s2)CC1. The van der Waals surface area contributed by atoms with Gasteiger partial charge in [0.05, 0.1) is 10.8 Å². The first-order chi connectivity index (χ1) is 16.1. The molecule has 0 unspecified atom stereocenters. The van der Waals surface area contributed by atoms with Gasteiger partial charge in [-0.25, -0.2) is 5.43 Å². The highest BCUT2D eigenvalue weighted by molar-refractivity contribution is 7.16. The Bertz CT molecular complexity index is 1060. The van der Waals surface area contributed by atoms with E-state index in [0.717, 1.165) is 44.8 Å². The van der Waals surface area contributed by atoms with Gasteiger partial charge in [-0.15, -0.1) is 11.3 Å².